The Labute approximate surface area is 126 Å². The summed E-state index contributed by atoms with van der Waals surface area (Å²) in [6, 6.07) is 0. The lowest BCUT2D eigenvalue weighted by molar-refractivity contribution is -0.156. The summed E-state index contributed by atoms with van der Waals surface area (Å²) in [6.07, 6.45) is 0. The van der Waals surface area contributed by atoms with Gasteiger partial charge in [0.15, 0.2) is 4.21 Å². The number of carbonyl (C=O) groups is 2. The molecule has 0 radical (unpaired) electrons. The summed E-state index contributed by atoms with van der Waals surface area (Å²) in [5, 5.41) is 5.03. The fourth-order valence-corrected chi connectivity index (χ4v) is 3.59. The molecule has 1 rings (SSSR count). The van der Waals surface area contributed by atoms with Crippen molar-refractivity contribution in [2.24, 2.45) is 5.14 Å². The Bertz CT molecular complexity index is 619. The Morgan fingerprint density at radius 1 is 1.24 bits per heavy atom. The van der Waals surface area contributed by atoms with E-state index in [0.717, 1.165) is 0 Å². The van der Waals surface area contributed by atoms with E-state index in [1.54, 1.807) is 13.8 Å². The third-order valence-electron chi connectivity index (χ3n) is 2.32. The van der Waals surface area contributed by atoms with Gasteiger partial charge in [-0.15, -0.1) is 11.3 Å². The number of aromatic nitrogens is 1. The lowest BCUT2D eigenvalue weighted by atomic mass is 10.1. The van der Waals surface area contributed by atoms with E-state index in [4.69, 9.17) is 14.6 Å². The van der Waals surface area contributed by atoms with E-state index >= 15 is 0 Å². The second-order valence-corrected chi connectivity index (χ2v) is 6.69. The number of hydrogen-bond acceptors (Lipinski definition) is 8. The van der Waals surface area contributed by atoms with Gasteiger partial charge in [-0.25, -0.2) is 18.5 Å². The van der Waals surface area contributed by atoms with Crippen molar-refractivity contribution in [1.29, 1.82) is 0 Å². The maximum atomic E-state index is 11.9. The van der Waals surface area contributed by atoms with Crippen molar-refractivity contribution in [1.82, 2.24) is 4.98 Å². The van der Waals surface area contributed by atoms with Gasteiger partial charge in [0.1, 0.15) is 5.01 Å². The number of hydrogen-bond donors (Lipinski definition) is 1. The quantitative estimate of drug-likeness (QED) is 0.585. The van der Waals surface area contributed by atoms with E-state index in [1.807, 2.05) is 0 Å². The number of rotatable bonds is 6. The van der Waals surface area contributed by atoms with Gasteiger partial charge in [0.05, 0.1) is 18.9 Å². The van der Waals surface area contributed by atoms with Gasteiger partial charge in [-0.3, -0.25) is 9.59 Å². The van der Waals surface area contributed by atoms with Crippen LogP contribution in [0.5, 0.6) is 0 Å². The number of nitrogens with zero attached hydrogens (tertiary/aromatic N) is 1. The van der Waals surface area contributed by atoms with E-state index < -0.39 is 27.9 Å². The second kappa shape index (κ2) is 6.96. The van der Waals surface area contributed by atoms with E-state index in [9.17, 15) is 18.0 Å². The molecule has 0 aliphatic rings. The normalized spacial score (nSPS) is 11.5. The number of sulfonamides is 1. The molecule has 0 aromatic carbocycles. The SMILES string of the molecule is CCOC(=O)C(C(=O)OCC)c1nc(C)c(S(N)(=O)=O)s1. The van der Waals surface area contributed by atoms with Gasteiger partial charge in [-0.2, -0.15) is 0 Å². The van der Waals surface area contributed by atoms with E-state index in [2.05, 4.69) is 4.98 Å². The van der Waals surface area contributed by atoms with Gasteiger partial charge < -0.3 is 9.47 Å². The number of carbonyl (C=O) groups excluding carboxylic acids is 2. The molecule has 0 atom stereocenters. The van der Waals surface area contributed by atoms with Gasteiger partial charge in [0, 0.05) is 0 Å². The summed E-state index contributed by atoms with van der Waals surface area (Å²) < 4.78 is 32.2. The van der Waals surface area contributed by atoms with Gasteiger partial charge in [0.25, 0.3) is 0 Å². The second-order valence-electron chi connectivity index (χ2n) is 3.91. The smallest absolute Gasteiger partial charge is 0.327 e. The fourth-order valence-electron chi connectivity index (χ4n) is 1.54. The zero-order chi connectivity index (χ0) is 16.2. The van der Waals surface area contributed by atoms with Crippen LogP contribution in [-0.4, -0.2) is 38.6 Å². The Kier molecular flexibility index (Phi) is 5.81. The zero-order valence-electron chi connectivity index (χ0n) is 11.8. The summed E-state index contributed by atoms with van der Waals surface area (Å²) in [4.78, 5) is 27.7. The summed E-state index contributed by atoms with van der Waals surface area (Å²) in [7, 11) is -3.97. The Morgan fingerprint density at radius 2 is 1.71 bits per heavy atom. The molecule has 0 fully saturated rings. The van der Waals surface area contributed by atoms with Crippen molar-refractivity contribution < 1.29 is 27.5 Å². The third-order valence-corrected chi connectivity index (χ3v) is 5.10. The minimum absolute atomic E-state index is 0.0200. The molecule has 118 valence electrons. The molecule has 1 aromatic heterocycles. The van der Waals surface area contributed by atoms with Crippen molar-refractivity contribution in [3.05, 3.63) is 10.7 Å². The Morgan fingerprint density at radius 3 is 2.05 bits per heavy atom. The van der Waals surface area contributed by atoms with Crippen molar-refractivity contribution >= 4 is 33.3 Å². The summed E-state index contributed by atoms with van der Waals surface area (Å²) in [5.41, 5.74) is 0.121. The average molecular weight is 336 g/mol. The molecule has 0 unspecified atom stereocenters. The standard InChI is InChI=1S/C11H16N2O6S2/c1-4-18-9(14)7(10(15)19-5-2)8-13-6(3)11(20-8)21(12,16)17/h7H,4-5H2,1-3H3,(H2,12,16,17). The molecule has 10 heteroatoms. The van der Waals surface area contributed by atoms with Crippen molar-refractivity contribution in [2.75, 3.05) is 13.2 Å². The highest BCUT2D eigenvalue weighted by atomic mass is 32.2. The molecule has 1 heterocycles. The molecule has 8 nitrogen and oxygen atoms in total. The molecular weight excluding hydrogens is 320 g/mol. The highest BCUT2D eigenvalue weighted by molar-refractivity contribution is 7.91. The number of aryl methyl sites for hydroxylation is 1. The monoisotopic (exact) mass is 336 g/mol. The van der Waals surface area contributed by atoms with Crippen LogP contribution in [0.2, 0.25) is 0 Å². The molecule has 0 saturated carbocycles. The lowest BCUT2D eigenvalue weighted by Crippen LogP contribution is -2.26. The molecule has 0 saturated heterocycles. The van der Waals surface area contributed by atoms with Gasteiger partial charge in [-0.05, 0) is 20.8 Å². The predicted octanol–water partition coefficient (Wildman–Crippen LogP) is 0.309. The predicted molar refractivity (Wildman–Crippen MR) is 74.2 cm³/mol. The third kappa shape index (κ3) is 4.22. The minimum atomic E-state index is -3.97. The molecule has 0 spiro atoms. The van der Waals surface area contributed by atoms with Crippen LogP contribution in [0.3, 0.4) is 0 Å². The van der Waals surface area contributed by atoms with Crippen LogP contribution >= 0.6 is 11.3 Å². The Hall–Kier alpha value is -1.52. The molecule has 0 amide bonds. The number of primary sulfonamides is 1. The number of esters is 2. The topological polar surface area (TPSA) is 126 Å². The van der Waals surface area contributed by atoms with E-state index in [1.165, 1.54) is 6.92 Å². The summed E-state index contributed by atoms with van der Waals surface area (Å²) >= 11 is 0.657. The maximum Gasteiger partial charge on any atom is 0.327 e. The van der Waals surface area contributed by atoms with Crippen LogP contribution in [0.4, 0.5) is 0 Å². The van der Waals surface area contributed by atoms with Crippen molar-refractivity contribution in [2.45, 2.75) is 30.9 Å². The maximum absolute atomic E-state index is 11.9. The molecule has 21 heavy (non-hydrogen) atoms. The van der Waals surface area contributed by atoms with Crippen molar-refractivity contribution in [3.63, 3.8) is 0 Å². The zero-order valence-corrected chi connectivity index (χ0v) is 13.4. The number of nitrogens with two attached hydrogens (primary N) is 1. The first-order valence-electron chi connectivity index (χ1n) is 6.05. The molecule has 2 N–H and O–H groups in total. The largest absolute Gasteiger partial charge is 0.465 e. The number of thiazole rings is 1. The summed E-state index contributed by atoms with van der Waals surface area (Å²) in [5.74, 6) is -3.10. The van der Waals surface area contributed by atoms with Crippen LogP contribution in [0.25, 0.3) is 0 Å². The highest BCUT2D eigenvalue weighted by Crippen LogP contribution is 2.29. The van der Waals surface area contributed by atoms with Gasteiger partial charge in [0.2, 0.25) is 15.9 Å². The molecule has 0 aliphatic carbocycles. The van der Waals surface area contributed by atoms with E-state index in [0.29, 0.717) is 11.3 Å². The lowest BCUT2D eigenvalue weighted by Gasteiger charge is -2.11. The fraction of sp³-hybridized carbons (Fsp3) is 0.545. The van der Waals surface area contributed by atoms with E-state index in [-0.39, 0.29) is 28.1 Å². The number of ether oxygens (including phenoxy) is 2. The Balaban J connectivity index is 3.27. The van der Waals surface area contributed by atoms with Gasteiger partial charge in [-0.1, -0.05) is 0 Å². The first-order valence-corrected chi connectivity index (χ1v) is 8.42. The average Bonchev–Trinajstić information content (AvgIpc) is 2.71. The highest BCUT2D eigenvalue weighted by Gasteiger charge is 2.36. The van der Waals surface area contributed by atoms with Crippen LogP contribution in [-0.2, 0) is 29.1 Å². The molecular formula is C11H16N2O6S2. The molecule has 1 aromatic rings. The van der Waals surface area contributed by atoms with Crippen LogP contribution in [0.15, 0.2) is 4.21 Å². The van der Waals surface area contributed by atoms with Crippen molar-refractivity contribution in [3.8, 4) is 0 Å². The van der Waals surface area contributed by atoms with Crippen LogP contribution in [0.1, 0.15) is 30.5 Å². The molecule has 0 aliphatic heterocycles. The molecule has 0 bridgehead atoms. The van der Waals surface area contributed by atoms with Gasteiger partial charge >= 0.3 is 11.9 Å². The first-order chi connectivity index (χ1) is 9.72. The van der Waals surface area contributed by atoms with Crippen LogP contribution in [0, 0.1) is 6.92 Å². The summed E-state index contributed by atoms with van der Waals surface area (Å²) in [6.45, 7) is 4.74. The first kappa shape index (κ1) is 17.5. The minimum Gasteiger partial charge on any atom is -0.465 e. The van der Waals surface area contributed by atoms with Crippen LogP contribution < -0.4 is 5.14 Å².